The Hall–Kier alpha value is -3.22. The molecule has 0 atom stereocenters. The van der Waals surface area contributed by atoms with Gasteiger partial charge in [0, 0.05) is 31.4 Å². The number of aliphatic imine (C=N–C) groups is 1. The van der Waals surface area contributed by atoms with Crippen molar-refractivity contribution < 1.29 is 0 Å². The van der Waals surface area contributed by atoms with Crippen LogP contribution >= 0.6 is 0 Å². The molecular formula is C19H23N7. The Morgan fingerprint density at radius 1 is 1.12 bits per heavy atom. The molecule has 2 aromatic heterocycles. The molecule has 134 valence electrons. The summed E-state index contributed by atoms with van der Waals surface area (Å²) in [6, 6.07) is 14.1. The van der Waals surface area contributed by atoms with Crippen LogP contribution in [0, 0.1) is 0 Å². The molecule has 7 heteroatoms. The topological polar surface area (TPSA) is 80.0 Å². The highest BCUT2D eigenvalue weighted by Gasteiger charge is 2.00. The highest BCUT2D eigenvalue weighted by atomic mass is 15.3. The van der Waals surface area contributed by atoms with Crippen LogP contribution in [-0.4, -0.2) is 38.8 Å². The molecule has 26 heavy (non-hydrogen) atoms. The summed E-state index contributed by atoms with van der Waals surface area (Å²) < 4.78 is 1.73. The van der Waals surface area contributed by atoms with Gasteiger partial charge in [-0.2, -0.15) is 5.10 Å². The Balaban J connectivity index is 1.54. The Morgan fingerprint density at radius 3 is 2.69 bits per heavy atom. The molecule has 0 amide bonds. The van der Waals surface area contributed by atoms with Gasteiger partial charge in [0.2, 0.25) is 0 Å². The second-order valence-corrected chi connectivity index (χ2v) is 5.70. The van der Waals surface area contributed by atoms with Crippen molar-refractivity contribution in [3.05, 3.63) is 72.6 Å². The number of rotatable bonds is 7. The molecule has 0 aliphatic carbocycles. The molecule has 1 aromatic carbocycles. The smallest absolute Gasteiger partial charge is 0.191 e. The van der Waals surface area contributed by atoms with E-state index in [4.69, 9.17) is 0 Å². The third-order valence-corrected chi connectivity index (χ3v) is 3.78. The van der Waals surface area contributed by atoms with Crippen LogP contribution in [-0.2, 0) is 13.0 Å². The second-order valence-electron chi connectivity index (χ2n) is 5.70. The van der Waals surface area contributed by atoms with Crippen molar-refractivity contribution in [2.75, 3.05) is 13.1 Å². The van der Waals surface area contributed by atoms with Gasteiger partial charge < -0.3 is 10.6 Å². The fourth-order valence-corrected chi connectivity index (χ4v) is 2.46. The molecular weight excluding hydrogens is 326 g/mol. The first-order valence-corrected chi connectivity index (χ1v) is 8.71. The molecule has 2 heterocycles. The van der Waals surface area contributed by atoms with Gasteiger partial charge in [0.05, 0.1) is 12.2 Å². The average molecular weight is 349 g/mol. The number of aromatic nitrogens is 4. The Kier molecular flexibility index (Phi) is 6.30. The number of guanidine groups is 1. The maximum atomic E-state index is 4.65. The number of hydrogen-bond acceptors (Lipinski definition) is 4. The molecule has 3 rings (SSSR count). The molecule has 7 nitrogen and oxygen atoms in total. The maximum Gasteiger partial charge on any atom is 0.191 e. The SMILES string of the molecule is CCNC(=NCc1ccc(-n2cncn2)cc1)NCCc1ccccn1. The standard InChI is InChI=1S/C19H23N7/c1-2-21-19(23-12-10-17-5-3-4-11-22-17)24-13-16-6-8-18(9-7-16)26-15-20-14-25-26/h3-9,11,14-15H,2,10,12-13H2,1H3,(H2,21,23,24). The fourth-order valence-electron chi connectivity index (χ4n) is 2.46. The van der Waals surface area contributed by atoms with Crippen molar-refractivity contribution >= 4 is 5.96 Å². The first-order chi connectivity index (χ1) is 12.8. The highest BCUT2D eigenvalue weighted by molar-refractivity contribution is 5.79. The average Bonchev–Trinajstić information content (AvgIpc) is 3.22. The molecule has 0 fully saturated rings. The lowest BCUT2D eigenvalue weighted by Crippen LogP contribution is -2.38. The monoisotopic (exact) mass is 349 g/mol. The van der Waals surface area contributed by atoms with Crippen molar-refractivity contribution in [1.82, 2.24) is 30.4 Å². The van der Waals surface area contributed by atoms with Crippen molar-refractivity contribution in [2.24, 2.45) is 4.99 Å². The summed E-state index contributed by atoms with van der Waals surface area (Å²) in [6.07, 6.45) is 5.88. The van der Waals surface area contributed by atoms with Crippen LogP contribution < -0.4 is 10.6 Å². The zero-order chi connectivity index (χ0) is 18.0. The van der Waals surface area contributed by atoms with Crippen LogP contribution in [0.5, 0.6) is 0 Å². The van der Waals surface area contributed by atoms with Crippen LogP contribution in [0.25, 0.3) is 5.69 Å². The molecule has 0 radical (unpaired) electrons. The number of pyridine rings is 1. The van der Waals surface area contributed by atoms with Gasteiger partial charge in [0.25, 0.3) is 0 Å². The predicted octanol–water partition coefficient (Wildman–Crippen LogP) is 1.96. The van der Waals surface area contributed by atoms with E-state index in [0.717, 1.165) is 42.4 Å². The lowest BCUT2D eigenvalue weighted by molar-refractivity contribution is 0.788. The minimum absolute atomic E-state index is 0.608. The molecule has 0 spiro atoms. The van der Waals surface area contributed by atoms with Crippen LogP contribution in [0.3, 0.4) is 0 Å². The van der Waals surface area contributed by atoms with Crippen LogP contribution in [0.1, 0.15) is 18.2 Å². The first-order valence-electron chi connectivity index (χ1n) is 8.71. The Labute approximate surface area is 153 Å². The van der Waals surface area contributed by atoms with Gasteiger partial charge in [-0.15, -0.1) is 0 Å². The van der Waals surface area contributed by atoms with E-state index in [-0.39, 0.29) is 0 Å². The lowest BCUT2D eigenvalue weighted by atomic mass is 10.2. The normalized spacial score (nSPS) is 11.3. The summed E-state index contributed by atoms with van der Waals surface area (Å²) in [5.74, 6) is 0.809. The zero-order valence-electron chi connectivity index (χ0n) is 14.8. The van der Waals surface area contributed by atoms with Gasteiger partial charge in [0.15, 0.2) is 5.96 Å². The molecule has 0 saturated heterocycles. The molecule has 2 N–H and O–H groups in total. The summed E-state index contributed by atoms with van der Waals surface area (Å²) in [5, 5.41) is 10.7. The summed E-state index contributed by atoms with van der Waals surface area (Å²) in [6.45, 7) is 4.27. The van der Waals surface area contributed by atoms with Crippen LogP contribution in [0.15, 0.2) is 66.3 Å². The van der Waals surface area contributed by atoms with E-state index in [0.29, 0.717) is 6.54 Å². The molecule has 0 unspecified atom stereocenters. The minimum Gasteiger partial charge on any atom is -0.357 e. The van der Waals surface area contributed by atoms with E-state index in [1.165, 1.54) is 6.33 Å². The molecule has 3 aromatic rings. The van der Waals surface area contributed by atoms with Crippen molar-refractivity contribution in [3.8, 4) is 5.69 Å². The third kappa shape index (κ3) is 5.14. The van der Waals surface area contributed by atoms with E-state index < -0.39 is 0 Å². The first kappa shape index (κ1) is 17.6. The zero-order valence-corrected chi connectivity index (χ0v) is 14.8. The highest BCUT2D eigenvalue weighted by Crippen LogP contribution is 2.08. The van der Waals surface area contributed by atoms with Gasteiger partial charge >= 0.3 is 0 Å². The number of nitrogens with one attached hydrogen (secondary N) is 2. The van der Waals surface area contributed by atoms with Crippen LogP contribution in [0.4, 0.5) is 0 Å². The lowest BCUT2D eigenvalue weighted by Gasteiger charge is -2.11. The molecule has 0 bridgehead atoms. The largest absolute Gasteiger partial charge is 0.357 e. The Bertz CT molecular complexity index is 796. The van der Waals surface area contributed by atoms with E-state index >= 15 is 0 Å². The summed E-state index contributed by atoms with van der Waals surface area (Å²) >= 11 is 0. The molecule has 0 saturated carbocycles. The van der Waals surface area contributed by atoms with E-state index in [9.17, 15) is 0 Å². The van der Waals surface area contributed by atoms with Gasteiger partial charge in [-0.1, -0.05) is 18.2 Å². The molecule has 0 aliphatic heterocycles. The van der Waals surface area contributed by atoms with Crippen molar-refractivity contribution in [3.63, 3.8) is 0 Å². The summed E-state index contributed by atoms with van der Waals surface area (Å²) in [5.41, 5.74) is 3.19. The van der Waals surface area contributed by atoms with Crippen molar-refractivity contribution in [2.45, 2.75) is 19.9 Å². The van der Waals surface area contributed by atoms with Crippen molar-refractivity contribution in [1.29, 1.82) is 0 Å². The number of benzene rings is 1. The Morgan fingerprint density at radius 2 is 2.00 bits per heavy atom. The second kappa shape index (κ2) is 9.31. The van der Waals surface area contributed by atoms with E-state index in [2.05, 4.69) is 49.7 Å². The number of nitrogens with zero attached hydrogens (tertiary/aromatic N) is 5. The maximum absolute atomic E-state index is 4.65. The van der Waals surface area contributed by atoms with E-state index in [1.807, 2.05) is 36.5 Å². The fraction of sp³-hybridized carbons (Fsp3) is 0.263. The quantitative estimate of drug-likeness (QED) is 0.503. The van der Waals surface area contributed by atoms with Gasteiger partial charge in [-0.25, -0.2) is 14.7 Å². The molecule has 0 aliphatic rings. The minimum atomic E-state index is 0.608. The van der Waals surface area contributed by atoms with E-state index in [1.54, 1.807) is 11.0 Å². The van der Waals surface area contributed by atoms with Crippen LogP contribution in [0.2, 0.25) is 0 Å². The predicted molar refractivity (Wildman–Crippen MR) is 102 cm³/mol. The summed E-state index contributed by atoms with van der Waals surface area (Å²) in [4.78, 5) is 12.9. The van der Waals surface area contributed by atoms with Gasteiger partial charge in [0.1, 0.15) is 12.7 Å². The summed E-state index contributed by atoms with van der Waals surface area (Å²) in [7, 11) is 0. The van der Waals surface area contributed by atoms with Gasteiger partial charge in [-0.3, -0.25) is 4.98 Å². The number of hydrogen-bond donors (Lipinski definition) is 2. The van der Waals surface area contributed by atoms with Gasteiger partial charge in [-0.05, 0) is 36.8 Å². The third-order valence-electron chi connectivity index (χ3n) is 3.78.